The monoisotopic (exact) mass is 215 g/mol. The van der Waals surface area contributed by atoms with E-state index in [1.807, 2.05) is 0 Å². The van der Waals surface area contributed by atoms with Crippen LogP contribution in [0.3, 0.4) is 0 Å². The molecule has 0 fully saturated rings. The van der Waals surface area contributed by atoms with Crippen molar-refractivity contribution in [3.63, 3.8) is 0 Å². The van der Waals surface area contributed by atoms with Crippen molar-refractivity contribution in [2.24, 2.45) is 0 Å². The van der Waals surface area contributed by atoms with Gasteiger partial charge in [0.1, 0.15) is 0 Å². The molecule has 0 unspecified atom stereocenters. The number of nitrogens with zero attached hydrogens (tertiary/aromatic N) is 2. The highest BCUT2D eigenvalue weighted by molar-refractivity contribution is 5.83. The summed E-state index contributed by atoms with van der Waals surface area (Å²) in [5.41, 5.74) is 0.666. The Hall–Kier alpha value is -1.72. The van der Waals surface area contributed by atoms with E-state index in [1.165, 1.54) is 24.7 Å². The van der Waals surface area contributed by atoms with Gasteiger partial charge in [-0.15, -0.1) is 0 Å². The van der Waals surface area contributed by atoms with Gasteiger partial charge in [0.25, 0.3) is 0 Å². The van der Waals surface area contributed by atoms with E-state index in [9.17, 15) is 13.2 Å². The number of halogens is 3. The SMILES string of the molecule is Nn1cc(CC(F)(F)F)c2ccncc21. The number of hydrogen-bond donors (Lipinski definition) is 1. The van der Waals surface area contributed by atoms with Gasteiger partial charge in [-0.25, -0.2) is 0 Å². The van der Waals surface area contributed by atoms with Crippen LogP contribution in [0.2, 0.25) is 0 Å². The van der Waals surface area contributed by atoms with Crippen LogP contribution >= 0.6 is 0 Å². The molecule has 0 saturated carbocycles. The molecule has 15 heavy (non-hydrogen) atoms. The second-order valence-corrected chi connectivity index (χ2v) is 3.25. The Kier molecular flexibility index (Phi) is 2.06. The molecule has 0 aliphatic rings. The molecule has 0 aliphatic heterocycles. The summed E-state index contributed by atoms with van der Waals surface area (Å²) in [7, 11) is 0. The maximum absolute atomic E-state index is 12.2. The molecule has 0 atom stereocenters. The summed E-state index contributed by atoms with van der Waals surface area (Å²) in [6.45, 7) is 0. The van der Waals surface area contributed by atoms with Gasteiger partial charge in [-0.1, -0.05) is 0 Å². The number of nitrogen functional groups attached to an aromatic ring is 1. The van der Waals surface area contributed by atoms with Crippen molar-refractivity contribution in [3.05, 3.63) is 30.2 Å². The topological polar surface area (TPSA) is 43.8 Å². The highest BCUT2D eigenvalue weighted by atomic mass is 19.4. The first kappa shape index (κ1) is 9.82. The fourth-order valence-corrected chi connectivity index (χ4v) is 1.53. The summed E-state index contributed by atoms with van der Waals surface area (Å²) >= 11 is 0. The fraction of sp³-hybridized carbons (Fsp3) is 0.222. The molecule has 0 spiro atoms. The molecule has 0 saturated heterocycles. The van der Waals surface area contributed by atoms with Crippen LogP contribution < -0.4 is 5.84 Å². The van der Waals surface area contributed by atoms with Gasteiger partial charge in [0.05, 0.1) is 18.1 Å². The number of aromatic nitrogens is 2. The molecular formula is C9H8F3N3. The first-order chi connectivity index (χ1) is 6.97. The predicted octanol–water partition coefficient (Wildman–Crippen LogP) is 1.85. The minimum absolute atomic E-state index is 0.169. The number of fused-ring (bicyclic) bond motifs is 1. The number of alkyl halides is 3. The van der Waals surface area contributed by atoms with Crippen LogP contribution in [0.4, 0.5) is 13.2 Å². The van der Waals surface area contributed by atoms with Crippen LogP contribution in [-0.4, -0.2) is 15.8 Å². The number of nitrogens with two attached hydrogens (primary N) is 1. The molecule has 0 bridgehead atoms. The first-order valence-corrected chi connectivity index (χ1v) is 4.23. The van der Waals surface area contributed by atoms with E-state index in [0.29, 0.717) is 10.9 Å². The van der Waals surface area contributed by atoms with E-state index in [-0.39, 0.29) is 5.56 Å². The smallest absolute Gasteiger partial charge is 0.339 e. The summed E-state index contributed by atoms with van der Waals surface area (Å²) < 4.78 is 37.8. The Balaban J connectivity index is 2.53. The lowest BCUT2D eigenvalue weighted by molar-refractivity contribution is -0.127. The van der Waals surface area contributed by atoms with E-state index in [1.54, 1.807) is 0 Å². The zero-order chi connectivity index (χ0) is 11.1. The molecule has 2 aromatic heterocycles. The molecule has 2 aromatic rings. The first-order valence-electron chi connectivity index (χ1n) is 4.23. The minimum atomic E-state index is -4.22. The van der Waals surface area contributed by atoms with Gasteiger partial charge in [0.15, 0.2) is 0 Å². The van der Waals surface area contributed by atoms with Crippen LogP contribution in [0.5, 0.6) is 0 Å². The van der Waals surface area contributed by atoms with Crippen LogP contribution in [0.25, 0.3) is 10.9 Å². The Morgan fingerprint density at radius 3 is 2.80 bits per heavy atom. The summed E-state index contributed by atoms with van der Waals surface area (Å²) in [5.74, 6) is 5.51. The highest BCUT2D eigenvalue weighted by Gasteiger charge is 2.29. The largest absolute Gasteiger partial charge is 0.393 e. The molecule has 0 aliphatic carbocycles. The van der Waals surface area contributed by atoms with E-state index in [0.717, 1.165) is 4.68 Å². The Morgan fingerprint density at radius 1 is 1.40 bits per heavy atom. The third-order valence-electron chi connectivity index (χ3n) is 2.11. The predicted molar refractivity (Wildman–Crippen MR) is 49.6 cm³/mol. The molecule has 2 heterocycles. The van der Waals surface area contributed by atoms with Gasteiger partial charge in [-0.2, -0.15) is 13.2 Å². The zero-order valence-electron chi connectivity index (χ0n) is 7.62. The maximum Gasteiger partial charge on any atom is 0.393 e. The van der Waals surface area contributed by atoms with Crippen LogP contribution in [0.15, 0.2) is 24.7 Å². The Morgan fingerprint density at radius 2 is 2.13 bits per heavy atom. The molecule has 3 nitrogen and oxygen atoms in total. The number of rotatable bonds is 1. The average Bonchev–Trinajstić information content (AvgIpc) is 2.42. The van der Waals surface area contributed by atoms with E-state index < -0.39 is 12.6 Å². The van der Waals surface area contributed by atoms with Gasteiger partial charge < -0.3 is 5.84 Å². The molecule has 0 radical (unpaired) electrons. The molecule has 6 heteroatoms. The van der Waals surface area contributed by atoms with Crippen molar-refractivity contribution in [1.29, 1.82) is 0 Å². The zero-order valence-corrected chi connectivity index (χ0v) is 7.62. The second-order valence-electron chi connectivity index (χ2n) is 3.25. The van der Waals surface area contributed by atoms with E-state index in [2.05, 4.69) is 4.98 Å². The minimum Gasteiger partial charge on any atom is -0.339 e. The van der Waals surface area contributed by atoms with Crippen molar-refractivity contribution < 1.29 is 13.2 Å². The number of pyridine rings is 1. The van der Waals surface area contributed by atoms with Gasteiger partial charge in [0.2, 0.25) is 0 Å². The van der Waals surface area contributed by atoms with E-state index in [4.69, 9.17) is 5.84 Å². The third kappa shape index (κ3) is 1.88. The summed E-state index contributed by atoms with van der Waals surface area (Å²) in [6, 6.07) is 1.53. The lowest BCUT2D eigenvalue weighted by atomic mass is 10.1. The molecule has 2 rings (SSSR count). The fourth-order valence-electron chi connectivity index (χ4n) is 1.53. The van der Waals surface area contributed by atoms with Gasteiger partial charge in [-0.05, 0) is 11.6 Å². The summed E-state index contributed by atoms with van der Waals surface area (Å²) in [6.07, 6.45) is -1.04. The summed E-state index contributed by atoms with van der Waals surface area (Å²) in [5, 5.41) is 0.491. The second kappa shape index (κ2) is 3.15. The average molecular weight is 215 g/mol. The van der Waals surface area contributed by atoms with Crippen molar-refractivity contribution in [2.75, 3.05) is 5.84 Å². The molecule has 2 N–H and O–H groups in total. The Labute approximate surface area is 83.3 Å². The lowest BCUT2D eigenvalue weighted by Gasteiger charge is -2.03. The number of hydrogen-bond acceptors (Lipinski definition) is 2. The van der Waals surface area contributed by atoms with Gasteiger partial charge in [-0.3, -0.25) is 9.66 Å². The van der Waals surface area contributed by atoms with Crippen molar-refractivity contribution >= 4 is 10.9 Å². The lowest BCUT2D eigenvalue weighted by Crippen LogP contribution is -2.11. The van der Waals surface area contributed by atoms with Crippen molar-refractivity contribution in [1.82, 2.24) is 9.66 Å². The van der Waals surface area contributed by atoms with Crippen molar-refractivity contribution in [2.45, 2.75) is 12.6 Å². The maximum atomic E-state index is 12.2. The normalized spacial score (nSPS) is 12.2. The van der Waals surface area contributed by atoms with Crippen molar-refractivity contribution in [3.8, 4) is 0 Å². The Bertz CT molecular complexity index is 487. The third-order valence-corrected chi connectivity index (χ3v) is 2.11. The quantitative estimate of drug-likeness (QED) is 0.738. The highest BCUT2D eigenvalue weighted by Crippen LogP contribution is 2.26. The summed E-state index contributed by atoms with van der Waals surface area (Å²) in [4.78, 5) is 3.80. The molecule has 0 aromatic carbocycles. The molecule has 0 amide bonds. The van der Waals surface area contributed by atoms with Gasteiger partial charge in [0, 0.05) is 17.8 Å². The van der Waals surface area contributed by atoms with Gasteiger partial charge >= 0.3 is 6.18 Å². The van der Waals surface area contributed by atoms with E-state index >= 15 is 0 Å². The van der Waals surface area contributed by atoms with Crippen LogP contribution in [-0.2, 0) is 6.42 Å². The molecular weight excluding hydrogens is 207 g/mol. The molecule has 80 valence electrons. The van der Waals surface area contributed by atoms with Crippen LogP contribution in [0.1, 0.15) is 5.56 Å². The van der Waals surface area contributed by atoms with Crippen LogP contribution in [0, 0.1) is 0 Å². The standard InChI is InChI=1S/C9H8F3N3/c10-9(11,12)3-6-5-15(13)8-4-14-2-1-7(6)8/h1-2,4-5H,3,13H2.